The molecule has 0 atom stereocenters. The minimum atomic E-state index is -0.553. The zero-order valence-electron chi connectivity index (χ0n) is 19.7. The molecule has 8 heteroatoms. The van der Waals surface area contributed by atoms with Crippen molar-refractivity contribution in [3.63, 3.8) is 0 Å². The van der Waals surface area contributed by atoms with Crippen LogP contribution in [0, 0.1) is 0 Å². The summed E-state index contributed by atoms with van der Waals surface area (Å²) in [7, 11) is 3.03. The number of anilines is 1. The molecule has 1 saturated heterocycles. The molecule has 0 aliphatic carbocycles. The predicted molar refractivity (Wildman–Crippen MR) is 143 cm³/mol. The number of para-hydroxylation sites is 1. The molecule has 2 heterocycles. The standard InChI is InChI=1S/C28H23N3O4S/c1-34-20-12-13-25(35-2)24(15-20)31-27(33)22(26(32)29-28(31)36)14-19-17-30(16-18-8-4-3-5-9-18)23-11-7-6-10-21(19)23/h3-15,17H,16H2,1-2H3,(H,29,32,36)/b22-14-. The van der Waals surface area contributed by atoms with Crippen molar-refractivity contribution in [3.8, 4) is 11.5 Å². The van der Waals surface area contributed by atoms with Crippen molar-refractivity contribution in [1.82, 2.24) is 9.88 Å². The molecular weight excluding hydrogens is 474 g/mol. The topological polar surface area (TPSA) is 72.8 Å². The minimum absolute atomic E-state index is 0.0276. The molecule has 4 aromatic rings. The highest BCUT2D eigenvalue weighted by atomic mass is 32.1. The quantitative estimate of drug-likeness (QED) is 0.241. The Bertz CT molecular complexity index is 1520. The number of nitrogens with one attached hydrogen (secondary N) is 1. The van der Waals surface area contributed by atoms with Gasteiger partial charge in [-0.3, -0.25) is 14.9 Å². The van der Waals surface area contributed by atoms with E-state index in [0.717, 1.165) is 22.0 Å². The molecule has 1 aliphatic heterocycles. The summed E-state index contributed by atoms with van der Waals surface area (Å²) in [4.78, 5) is 27.8. The Hall–Kier alpha value is -4.43. The number of rotatable bonds is 6. The predicted octanol–water partition coefficient (Wildman–Crippen LogP) is 4.54. The number of benzene rings is 3. The van der Waals surface area contributed by atoms with Gasteiger partial charge in [0.15, 0.2) is 5.11 Å². The van der Waals surface area contributed by atoms with Gasteiger partial charge in [-0.1, -0.05) is 48.5 Å². The third kappa shape index (κ3) is 4.23. The number of carbonyl (C=O) groups excluding carboxylic acids is 2. The molecule has 1 aliphatic rings. The van der Waals surface area contributed by atoms with Crippen molar-refractivity contribution in [2.75, 3.05) is 19.1 Å². The van der Waals surface area contributed by atoms with E-state index in [2.05, 4.69) is 22.0 Å². The van der Waals surface area contributed by atoms with Crippen molar-refractivity contribution in [3.05, 3.63) is 95.7 Å². The van der Waals surface area contributed by atoms with Gasteiger partial charge in [0.2, 0.25) is 0 Å². The summed E-state index contributed by atoms with van der Waals surface area (Å²) in [5.74, 6) is -0.160. The van der Waals surface area contributed by atoms with E-state index in [1.54, 1.807) is 24.3 Å². The van der Waals surface area contributed by atoms with Crippen LogP contribution < -0.4 is 19.7 Å². The van der Waals surface area contributed by atoms with Crippen LogP contribution >= 0.6 is 12.2 Å². The molecule has 0 unspecified atom stereocenters. The van der Waals surface area contributed by atoms with E-state index in [-0.39, 0.29) is 10.7 Å². The summed E-state index contributed by atoms with van der Waals surface area (Å²) in [6.07, 6.45) is 3.57. The van der Waals surface area contributed by atoms with E-state index >= 15 is 0 Å². The summed E-state index contributed by atoms with van der Waals surface area (Å²) in [6.45, 7) is 0.655. The lowest BCUT2D eigenvalue weighted by Gasteiger charge is -2.30. The molecule has 1 N–H and O–H groups in total. The first-order valence-corrected chi connectivity index (χ1v) is 11.7. The Labute approximate surface area is 213 Å². The largest absolute Gasteiger partial charge is 0.497 e. The van der Waals surface area contributed by atoms with Crippen molar-refractivity contribution < 1.29 is 19.1 Å². The SMILES string of the molecule is COc1ccc(OC)c(N2C(=O)/C(=C\c3cn(Cc4ccccc4)c4ccccc34)C(=O)NC2=S)c1. The number of ether oxygens (including phenoxy) is 2. The Balaban J connectivity index is 1.59. The van der Waals surface area contributed by atoms with Crippen LogP contribution in [0.1, 0.15) is 11.1 Å². The normalized spacial score (nSPS) is 14.9. The number of carbonyl (C=O) groups is 2. The van der Waals surface area contributed by atoms with Gasteiger partial charge in [-0.15, -0.1) is 0 Å². The lowest BCUT2D eigenvalue weighted by Crippen LogP contribution is -2.54. The van der Waals surface area contributed by atoms with Crippen LogP contribution in [0.2, 0.25) is 0 Å². The number of hydrogen-bond acceptors (Lipinski definition) is 5. The van der Waals surface area contributed by atoms with E-state index in [9.17, 15) is 9.59 Å². The van der Waals surface area contributed by atoms with E-state index < -0.39 is 11.8 Å². The van der Waals surface area contributed by atoms with Gasteiger partial charge in [0, 0.05) is 35.3 Å². The van der Waals surface area contributed by atoms with Crippen molar-refractivity contribution in [2.45, 2.75) is 6.54 Å². The summed E-state index contributed by atoms with van der Waals surface area (Å²) in [5.41, 5.74) is 3.25. The highest BCUT2D eigenvalue weighted by Gasteiger charge is 2.36. The third-order valence-corrected chi connectivity index (χ3v) is 6.33. The van der Waals surface area contributed by atoms with Crippen LogP contribution in [-0.2, 0) is 16.1 Å². The maximum Gasteiger partial charge on any atom is 0.270 e. The van der Waals surface area contributed by atoms with Gasteiger partial charge in [-0.25, -0.2) is 4.90 Å². The highest BCUT2D eigenvalue weighted by molar-refractivity contribution is 7.80. The molecule has 5 rings (SSSR count). The fraction of sp³-hybridized carbons (Fsp3) is 0.107. The van der Waals surface area contributed by atoms with Crippen molar-refractivity contribution >= 4 is 51.8 Å². The van der Waals surface area contributed by atoms with Crippen LogP contribution in [0.4, 0.5) is 5.69 Å². The number of amides is 2. The summed E-state index contributed by atoms with van der Waals surface area (Å²) < 4.78 is 12.9. The second-order valence-electron chi connectivity index (χ2n) is 8.21. The van der Waals surface area contributed by atoms with Gasteiger partial charge >= 0.3 is 0 Å². The first-order chi connectivity index (χ1) is 17.5. The average Bonchev–Trinajstić information content (AvgIpc) is 3.24. The second kappa shape index (κ2) is 9.67. The monoisotopic (exact) mass is 497 g/mol. The second-order valence-corrected chi connectivity index (χ2v) is 8.60. The van der Waals surface area contributed by atoms with Gasteiger partial charge < -0.3 is 14.0 Å². The fourth-order valence-corrected chi connectivity index (χ4v) is 4.58. The Morgan fingerprint density at radius 3 is 2.44 bits per heavy atom. The molecule has 36 heavy (non-hydrogen) atoms. The molecule has 0 saturated carbocycles. The molecule has 1 fully saturated rings. The summed E-state index contributed by atoms with van der Waals surface area (Å²) in [5, 5.41) is 3.54. The maximum atomic E-state index is 13.7. The molecule has 180 valence electrons. The minimum Gasteiger partial charge on any atom is -0.497 e. The van der Waals surface area contributed by atoms with E-state index in [0.29, 0.717) is 23.7 Å². The lowest BCUT2D eigenvalue weighted by atomic mass is 10.1. The molecule has 7 nitrogen and oxygen atoms in total. The number of methoxy groups -OCH3 is 2. The van der Waals surface area contributed by atoms with Crippen LogP contribution in [0.3, 0.4) is 0 Å². The maximum absolute atomic E-state index is 13.7. The first kappa shape index (κ1) is 23.3. The molecule has 0 radical (unpaired) electrons. The molecule has 1 aromatic heterocycles. The summed E-state index contributed by atoms with van der Waals surface area (Å²) >= 11 is 5.37. The van der Waals surface area contributed by atoms with Crippen molar-refractivity contribution in [2.24, 2.45) is 0 Å². The van der Waals surface area contributed by atoms with Gasteiger partial charge in [-0.2, -0.15) is 0 Å². The fourth-order valence-electron chi connectivity index (χ4n) is 4.30. The highest BCUT2D eigenvalue weighted by Crippen LogP contribution is 2.35. The smallest absolute Gasteiger partial charge is 0.270 e. The Morgan fingerprint density at radius 2 is 1.69 bits per heavy atom. The molecule has 0 bridgehead atoms. The molecule has 0 spiro atoms. The van der Waals surface area contributed by atoms with Gasteiger partial charge in [0.25, 0.3) is 11.8 Å². The lowest BCUT2D eigenvalue weighted by molar-refractivity contribution is -0.122. The Morgan fingerprint density at radius 1 is 0.944 bits per heavy atom. The van der Waals surface area contributed by atoms with Gasteiger partial charge in [-0.05, 0) is 42.1 Å². The molecule has 2 amide bonds. The summed E-state index contributed by atoms with van der Waals surface area (Å²) in [6, 6.07) is 23.0. The molecular formula is C28H23N3O4S. The van der Waals surface area contributed by atoms with Gasteiger partial charge in [0.05, 0.1) is 19.9 Å². The van der Waals surface area contributed by atoms with Crippen LogP contribution in [0.15, 0.2) is 84.6 Å². The third-order valence-electron chi connectivity index (χ3n) is 6.04. The number of thiocarbonyl (C=S) groups is 1. The number of aromatic nitrogens is 1. The van der Waals surface area contributed by atoms with Gasteiger partial charge in [0.1, 0.15) is 17.1 Å². The van der Waals surface area contributed by atoms with Crippen LogP contribution in [0.25, 0.3) is 17.0 Å². The van der Waals surface area contributed by atoms with Crippen molar-refractivity contribution in [1.29, 1.82) is 0 Å². The van der Waals surface area contributed by atoms with E-state index in [4.69, 9.17) is 21.7 Å². The number of fused-ring (bicyclic) bond motifs is 1. The van der Waals surface area contributed by atoms with Crippen LogP contribution in [0.5, 0.6) is 11.5 Å². The number of nitrogens with zero attached hydrogens (tertiary/aromatic N) is 2. The molecule has 3 aromatic carbocycles. The zero-order chi connectivity index (χ0) is 25.2. The average molecular weight is 498 g/mol. The van der Waals surface area contributed by atoms with Crippen LogP contribution in [-0.4, -0.2) is 35.7 Å². The Kier molecular flexibility index (Phi) is 6.26. The van der Waals surface area contributed by atoms with E-state index in [1.807, 2.05) is 48.7 Å². The first-order valence-electron chi connectivity index (χ1n) is 11.3. The number of hydrogen-bond donors (Lipinski definition) is 1. The zero-order valence-corrected chi connectivity index (χ0v) is 20.5. The van der Waals surface area contributed by atoms with E-state index in [1.165, 1.54) is 19.1 Å².